The molecule has 30 heavy (non-hydrogen) atoms. The number of aliphatic hydroxyl groups is 1. The Morgan fingerprint density at radius 2 is 2.00 bits per heavy atom. The lowest BCUT2D eigenvalue weighted by Crippen LogP contribution is -2.21. The van der Waals surface area contributed by atoms with E-state index in [0.29, 0.717) is 12.3 Å². The van der Waals surface area contributed by atoms with Gasteiger partial charge in [0.2, 0.25) is 0 Å². The van der Waals surface area contributed by atoms with Crippen LogP contribution >= 0.6 is 0 Å². The molecule has 2 aromatic rings. The minimum atomic E-state index is -1.03. The molecule has 2 atom stereocenters. The maximum Gasteiger partial charge on any atom is 0.341 e. The van der Waals surface area contributed by atoms with Crippen molar-refractivity contribution in [1.82, 2.24) is 0 Å². The Morgan fingerprint density at radius 1 is 1.23 bits per heavy atom. The standard InChI is InChI=1S/C24H26FNO4/c1-14-7-8-22(30-13-23(28)29)16(3)24(14)26-12-18-10-20(27)11-21(15(18)2)17-5-4-6-19(25)9-17/h4-11,15,21,26-27H,12-13H2,1-3H3,(H,28,29). The summed E-state index contributed by atoms with van der Waals surface area (Å²) in [6.45, 7) is 5.96. The quantitative estimate of drug-likeness (QED) is 0.589. The largest absolute Gasteiger partial charge is 0.508 e. The molecule has 1 aliphatic rings. The SMILES string of the molecule is Cc1ccc(OCC(=O)O)c(C)c1NCC1=CC(O)=CC(c2cccc(F)c2)C1C. The maximum absolute atomic E-state index is 13.7. The maximum atomic E-state index is 13.7. The summed E-state index contributed by atoms with van der Waals surface area (Å²) in [4.78, 5) is 10.8. The number of aryl methyl sites for hydroxylation is 1. The zero-order valence-corrected chi connectivity index (χ0v) is 17.3. The van der Waals surface area contributed by atoms with Crippen molar-refractivity contribution in [2.45, 2.75) is 26.7 Å². The van der Waals surface area contributed by atoms with Gasteiger partial charge in [-0.3, -0.25) is 0 Å². The summed E-state index contributed by atoms with van der Waals surface area (Å²) in [6, 6.07) is 10.1. The zero-order chi connectivity index (χ0) is 21.8. The van der Waals surface area contributed by atoms with Gasteiger partial charge in [-0.15, -0.1) is 0 Å². The van der Waals surface area contributed by atoms with Crippen LogP contribution in [0.2, 0.25) is 0 Å². The summed E-state index contributed by atoms with van der Waals surface area (Å²) >= 11 is 0. The summed E-state index contributed by atoms with van der Waals surface area (Å²) in [5.41, 5.74) is 4.49. The molecule has 0 fully saturated rings. The first-order valence-corrected chi connectivity index (χ1v) is 9.81. The normalized spacial score (nSPS) is 18.4. The van der Waals surface area contributed by atoms with Gasteiger partial charge in [-0.05, 0) is 66.8 Å². The molecule has 0 radical (unpaired) electrons. The van der Waals surface area contributed by atoms with Crippen molar-refractivity contribution in [3.8, 4) is 5.75 Å². The van der Waals surface area contributed by atoms with E-state index in [1.807, 2.05) is 26.0 Å². The number of carboxylic acids is 1. The van der Waals surface area contributed by atoms with Crippen molar-refractivity contribution in [3.63, 3.8) is 0 Å². The number of aliphatic hydroxyl groups excluding tert-OH is 1. The van der Waals surface area contributed by atoms with Crippen molar-refractivity contribution >= 4 is 11.7 Å². The van der Waals surface area contributed by atoms with Crippen LogP contribution in [0.25, 0.3) is 0 Å². The van der Waals surface area contributed by atoms with Crippen LogP contribution in [0.3, 0.4) is 0 Å². The summed E-state index contributed by atoms with van der Waals surface area (Å²) in [5, 5.41) is 22.5. The second-order valence-corrected chi connectivity index (χ2v) is 7.60. The van der Waals surface area contributed by atoms with Gasteiger partial charge in [0.15, 0.2) is 6.61 Å². The second-order valence-electron chi connectivity index (χ2n) is 7.60. The Kier molecular flexibility index (Phi) is 6.45. The van der Waals surface area contributed by atoms with Crippen LogP contribution in [0.4, 0.5) is 10.1 Å². The number of hydrogen-bond acceptors (Lipinski definition) is 4. The minimum Gasteiger partial charge on any atom is -0.508 e. The molecule has 0 aromatic heterocycles. The molecule has 1 aliphatic carbocycles. The Morgan fingerprint density at radius 3 is 2.70 bits per heavy atom. The van der Waals surface area contributed by atoms with Crippen LogP contribution < -0.4 is 10.1 Å². The van der Waals surface area contributed by atoms with Gasteiger partial charge in [-0.1, -0.05) is 25.1 Å². The van der Waals surface area contributed by atoms with Crippen molar-refractivity contribution in [3.05, 3.63) is 82.4 Å². The molecule has 158 valence electrons. The number of nitrogens with one attached hydrogen (secondary N) is 1. The van der Waals surface area contributed by atoms with Gasteiger partial charge in [0.25, 0.3) is 0 Å². The second kappa shape index (κ2) is 9.03. The van der Waals surface area contributed by atoms with Gasteiger partial charge in [0, 0.05) is 23.7 Å². The molecule has 0 heterocycles. The first-order valence-electron chi connectivity index (χ1n) is 9.81. The molecule has 5 nitrogen and oxygen atoms in total. The highest BCUT2D eigenvalue weighted by Gasteiger charge is 2.25. The third-order valence-electron chi connectivity index (χ3n) is 5.48. The van der Waals surface area contributed by atoms with E-state index in [4.69, 9.17) is 9.84 Å². The summed E-state index contributed by atoms with van der Waals surface area (Å²) < 4.78 is 19.1. The monoisotopic (exact) mass is 411 g/mol. The number of hydrogen-bond donors (Lipinski definition) is 3. The number of allylic oxidation sites excluding steroid dienone is 2. The number of aliphatic carboxylic acids is 1. The Hall–Kier alpha value is -3.28. The number of anilines is 1. The number of carboxylic acid groups (broad SMARTS) is 1. The molecule has 0 saturated heterocycles. The number of carbonyl (C=O) groups is 1. The van der Waals surface area contributed by atoms with E-state index in [2.05, 4.69) is 12.2 Å². The van der Waals surface area contributed by atoms with E-state index < -0.39 is 12.6 Å². The average Bonchev–Trinajstić information content (AvgIpc) is 2.69. The molecule has 0 amide bonds. The van der Waals surface area contributed by atoms with Crippen molar-refractivity contribution < 1.29 is 24.1 Å². The number of rotatable bonds is 7. The Bertz CT molecular complexity index is 1010. The molecule has 0 saturated carbocycles. The molecule has 6 heteroatoms. The minimum absolute atomic E-state index is 0.0576. The molecule has 2 unspecified atom stereocenters. The highest BCUT2D eigenvalue weighted by Crippen LogP contribution is 2.37. The van der Waals surface area contributed by atoms with Crippen LogP contribution in [0, 0.1) is 25.6 Å². The summed E-state index contributed by atoms with van der Waals surface area (Å²) in [6.07, 6.45) is 3.49. The lowest BCUT2D eigenvalue weighted by Gasteiger charge is -2.29. The van der Waals surface area contributed by atoms with Crippen molar-refractivity contribution in [2.24, 2.45) is 5.92 Å². The first-order chi connectivity index (χ1) is 14.3. The van der Waals surface area contributed by atoms with E-state index in [1.165, 1.54) is 12.1 Å². The van der Waals surface area contributed by atoms with Gasteiger partial charge >= 0.3 is 5.97 Å². The van der Waals surface area contributed by atoms with E-state index >= 15 is 0 Å². The van der Waals surface area contributed by atoms with Crippen molar-refractivity contribution in [1.29, 1.82) is 0 Å². The Balaban J connectivity index is 1.79. The van der Waals surface area contributed by atoms with Crippen LogP contribution in [0.5, 0.6) is 5.75 Å². The fourth-order valence-electron chi connectivity index (χ4n) is 3.83. The van der Waals surface area contributed by atoms with E-state index in [1.54, 1.807) is 24.3 Å². The van der Waals surface area contributed by atoms with Gasteiger partial charge in [0.1, 0.15) is 17.3 Å². The average molecular weight is 411 g/mol. The van der Waals surface area contributed by atoms with E-state index in [-0.39, 0.29) is 23.4 Å². The van der Waals surface area contributed by atoms with Crippen LogP contribution in [-0.4, -0.2) is 29.3 Å². The van der Waals surface area contributed by atoms with Gasteiger partial charge < -0.3 is 20.3 Å². The molecule has 0 spiro atoms. The third kappa shape index (κ3) is 4.82. The molecule has 3 rings (SSSR count). The summed E-state index contributed by atoms with van der Waals surface area (Å²) in [7, 11) is 0. The van der Waals surface area contributed by atoms with Gasteiger partial charge in [-0.2, -0.15) is 0 Å². The Labute approximate surface area is 175 Å². The van der Waals surface area contributed by atoms with Crippen LogP contribution in [0.15, 0.2) is 59.9 Å². The van der Waals surface area contributed by atoms with Gasteiger partial charge in [0.05, 0.1) is 0 Å². The fraction of sp³-hybridized carbons (Fsp3) is 0.292. The fourth-order valence-corrected chi connectivity index (χ4v) is 3.83. The lowest BCUT2D eigenvalue weighted by atomic mass is 9.78. The zero-order valence-electron chi connectivity index (χ0n) is 17.3. The summed E-state index contributed by atoms with van der Waals surface area (Å²) in [5.74, 6) is -0.734. The smallest absolute Gasteiger partial charge is 0.341 e. The lowest BCUT2D eigenvalue weighted by molar-refractivity contribution is -0.139. The number of ether oxygens (including phenoxy) is 1. The number of halogens is 1. The van der Waals surface area contributed by atoms with E-state index in [0.717, 1.165) is 28.0 Å². The third-order valence-corrected chi connectivity index (χ3v) is 5.48. The predicted molar refractivity (Wildman–Crippen MR) is 115 cm³/mol. The highest BCUT2D eigenvalue weighted by molar-refractivity contribution is 5.69. The highest BCUT2D eigenvalue weighted by atomic mass is 19.1. The molecular weight excluding hydrogens is 385 g/mol. The van der Waals surface area contributed by atoms with E-state index in [9.17, 15) is 14.3 Å². The molecule has 0 aliphatic heterocycles. The number of benzene rings is 2. The molecular formula is C24H26FNO4. The molecule has 2 aromatic carbocycles. The topological polar surface area (TPSA) is 78.8 Å². The van der Waals surface area contributed by atoms with Crippen molar-refractivity contribution in [2.75, 3.05) is 18.5 Å². The first kappa shape index (κ1) is 21.4. The molecule has 3 N–H and O–H groups in total. The van der Waals surface area contributed by atoms with Crippen LogP contribution in [0.1, 0.15) is 29.5 Å². The predicted octanol–water partition coefficient (Wildman–Crippen LogP) is 5.12. The van der Waals surface area contributed by atoms with Crippen LogP contribution in [-0.2, 0) is 4.79 Å². The molecule has 0 bridgehead atoms. The van der Waals surface area contributed by atoms with Gasteiger partial charge in [-0.25, -0.2) is 9.18 Å².